The van der Waals surface area contributed by atoms with Gasteiger partial charge in [0.2, 0.25) is 5.91 Å². The molecule has 2 unspecified atom stereocenters. The lowest BCUT2D eigenvalue weighted by atomic mass is 9.95. The molecular weight excluding hydrogens is 208 g/mol. The second kappa shape index (κ2) is 5.84. The van der Waals surface area contributed by atoms with Crippen molar-refractivity contribution in [3.63, 3.8) is 0 Å². The van der Waals surface area contributed by atoms with E-state index in [-0.39, 0.29) is 5.91 Å². The summed E-state index contributed by atoms with van der Waals surface area (Å²) in [5, 5.41) is 10.7. The number of carbonyl (C=O) groups is 2. The van der Waals surface area contributed by atoms with Crippen molar-refractivity contribution in [3.8, 4) is 0 Å². The van der Waals surface area contributed by atoms with Crippen molar-refractivity contribution in [2.75, 3.05) is 13.1 Å². The smallest absolute Gasteiger partial charge is 0.307 e. The van der Waals surface area contributed by atoms with Crippen LogP contribution in [0.3, 0.4) is 0 Å². The van der Waals surface area contributed by atoms with E-state index >= 15 is 0 Å². The number of carboxylic acids is 1. The molecule has 2 N–H and O–H groups in total. The largest absolute Gasteiger partial charge is 0.481 e. The quantitative estimate of drug-likeness (QED) is 0.748. The van der Waals surface area contributed by atoms with Crippen LogP contribution >= 0.6 is 0 Å². The molecule has 5 heteroatoms. The highest BCUT2D eigenvalue weighted by atomic mass is 16.4. The lowest BCUT2D eigenvalue weighted by molar-refractivity contribution is -0.147. The molecule has 0 aromatic carbocycles. The van der Waals surface area contributed by atoms with Crippen molar-refractivity contribution in [1.29, 1.82) is 0 Å². The summed E-state index contributed by atoms with van der Waals surface area (Å²) in [5.41, 5.74) is 2.79. The Balaban J connectivity index is 2.41. The van der Waals surface area contributed by atoms with Crippen LogP contribution in [0.15, 0.2) is 0 Å². The van der Waals surface area contributed by atoms with E-state index in [0.29, 0.717) is 0 Å². The molecule has 0 aliphatic carbocycles. The number of amides is 1. The summed E-state index contributed by atoms with van der Waals surface area (Å²) in [7, 11) is 0. The van der Waals surface area contributed by atoms with Gasteiger partial charge in [0.05, 0.1) is 5.92 Å². The molecule has 1 saturated heterocycles. The summed E-state index contributed by atoms with van der Waals surface area (Å²) < 4.78 is 0. The molecule has 0 spiro atoms. The molecule has 1 fully saturated rings. The zero-order valence-corrected chi connectivity index (χ0v) is 9.90. The van der Waals surface area contributed by atoms with Crippen molar-refractivity contribution < 1.29 is 14.7 Å². The molecular formula is C11H20N2O3. The van der Waals surface area contributed by atoms with Crippen LogP contribution in [-0.4, -0.2) is 35.1 Å². The van der Waals surface area contributed by atoms with Gasteiger partial charge in [-0.25, -0.2) is 5.01 Å². The minimum atomic E-state index is -0.929. The van der Waals surface area contributed by atoms with Crippen molar-refractivity contribution in [1.82, 2.24) is 10.4 Å². The van der Waals surface area contributed by atoms with Gasteiger partial charge >= 0.3 is 5.97 Å². The van der Waals surface area contributed by atoms with Gasteiger partial charge in [-0.3, -0.25) is 15.0 Å². The third-order valence-electron chi connectivity index (χ3n) is 3.18. The topological polar surface area (TPSA) is 69.6 Å². The Kier molecular flexibility index (Phi) is 4.73. The summed E-state index contributed by atoms with van der Waals surface area (Å²) in [6, 6.07) is 0. The molecule has 92 valence electrons. The van der Waals surface area contributed by atoms with Crippen LogP contribution < -0.4 is 5.43 Å². The lowest BCUT2D eigenvalue weighted by Gasteiger charge is -2.28. The fourth-order valence-electron chi connectivity index (χ4n) is 1.70. The van der Waals surface area contributed by atoms with Crippen LogP contribution in [0, 0.1) is 11.8 Å². The summed E-state index contributed by atoms with van der Waals surface area (Å²) >= 11 is 0. The lowest BCUT2D eigenvalue weighted by Crippen LogP contribution is -2.48. The number of piperidine rings is 1. The number of hydrogen-bond acceptors (Lipinski definition) is 3. The third-order valence-corrected chi connectivity index (χ3v) is 3.18. The van der Waals surface area contributed by atoms with Crippen molar-refractivity contribution in [2.45, 2.75) is 33.1 Å². The first kappa shape index (κ1) is 13.0. The number of carbonyl (C=O) groups excluding carboxylic acids is 1. The summed E-state index contributed by atoms with van der Waals surface area (Å²) in [5.74, 6) is -2.28. The summed E-state index contributed by atoms with van der Waals surface area (Å²) in [6.45, 7) is 4.93. The first-order valence-electron chi connectivity index (χ1n) is 5.80. The standard InChI is InChI=1S/C11H20N2O3/c1-8(9(2)11(15)16)10(14)12-13-6-4-3-5-7-13/h8-9H,3-7H2,1-2H3,(H,12,14)(H,15,16). The van der Waals surface area contributed by atoms with Crippen molar-refractivity contribution in [3.05, 3.63) is 0 Å². The molecule has 0 aromatic rings. The fourth-order valence-corrected chi connectivity index (χ4v) is 1.70. The molecule has 16 heavy (non-hydrogen) atoms. The predicted octanol–water partition coefficient (Wildman–Crippen LogP) is 0.860. The molecule has 2 atom stereocenters. The summed E-state index contributed by atoms with van der Waals surface area (Å²) in [4.78, 5) is 22.5. The van der Waals surface area contributed by atoms with E-state index in [1.54, 1.807) is 13.8 Å². The van der Waals surface area contributed by atoms with Crippen LogP contribution in [0.25, 0.3) is 0 Å². The molecule has 0 bridgehead atoms. The molecule has 0 radical (unpaired) electrons. The Bertz CT molecular complexity index is 262. The van der Waals surface area contributed by atoms with Crippen LogP contribution in [0.4, 0.5) is 0 Å². The Labute approximate surface area is 95.8 Å². The molecule has 0 aromatic heterocycles. The normalized spacial score (nSPS) is 21.1. The Hall–Kier alpha value is -1.10. The van der Waals surface area contributed by atoms with Crippen molar-refractivity contribution >= 4 is 11.9 Å². The second-order valence-electron chi connectivity index (χ2n) is 4.44. The summed E-state index contributed by atoms with van der Waals surface area (Å²) in [6.07, 6.45) is 3.37. The first-order chi connectivity index (χ1) is 7.52. The van der Waals surface area contributed by atoms with Crippen LogP contribution in [-0.2, 0) is 9.59 Å². The number of hydrazine groups is 1. The highest BCUT2D eigenvalue weighted by molar-refractivity contribution is 5.83. The number of rotatable bonds is 4. The molecule has 1 amide bonds. The minimum absolute atomic E-state index is 0.197. The fraction of sp³-hybridized carbons (Fsp3) is 0.818. The number of carboxylic acid groups (broad SMARTS) is 1. The van der Waals surface area contributed by atoms with Gasteiger partial charge in [-0.2, -0.15) is 0 Å². The van der Waals surface area contributed by atoms with Gasteiger partial charge in [-0.1, -0.05) is 20.3 Å². The number of aliphatic carboxylic acids is 1. The van der Waals surface area contributed by atoms with Gasteiger partial charge in [0.1, 0.15) is 0 Å². The molecule has 1 aliphatic heterocycles. The SMILES string of the molecule is CC(C(=O)O)C(C)C(=O)NN1CCCCC1. The number of hydrogen-bond donors (Lipinski definition) is 2. The highest BCUT2D eigenvalue weighted by Crippen LogP contribution is 2.12. The first-order valence-corrected chi connectivity index (χ1v) is 5.80. The zero-order chi connectivity index (χ0) is 12.1. The molecule has 1 aliphatic rings. The van der Waals surface area contributed by atoms with Gasteiger partial charge in [0.15, 0.2) is 0 Å². The second-order valence-corrected chi connectivity index (χ2v) is 4.44. The van der Waals surface area contributed by atoms with Gasteiger partial charge in [-0.15, -0.1) is 0 Å². The van der Waals surface area contributed by atoms with E-state index in [0.717, 1.165) is 25.9 Å². The van der Waals surface area contributed by atoms with Crippen molar-refractivity contribution in [2.24, 2.45) is 11.8 Å². The van der Waals surface area contributed by atoms with E-state index in [1.165, 1.54) is 6.42 Å². The van der Waals surface area contributed by atoms with E-state index in [4.69, 9.17) is 5.11 Å². The van der Waals surface area contributed by atoms with Gasteiger partial charge < -0.3 is 5.11 Å². The zero-order valence-electron chi connectivity index (χ0n) is 9.90. The maximum Gasteiger partial charge on any atom is 0.307 e. The molecule has 0 saturated carbocycles. The number of nitrogens with zero attached hydrogens (tertiary/aromatic N) is 1. The highest BCUT2D eigenvalue weighted by Gasteiger charge is 2.27. The van der Waals surface area contributed by atoms with Gasteiger partial charge in [0.25, 0.3) is 0 Å². The van der Waals surface area contributed by atoms with Gasteiger partial charge in [-0.05, 0) is 12.8 Å². The van der Waals surface area contributed by atoms with Crippen LogP contribution in [0.2, 0.25) is 0 Å². The Morgan fingerprint density at radius 1 is 1.12 bits per heavy atom. The van der Waals surface area contributed by atoms with E-state index in [9.17, 15) is 9.59 Å². The Morgan fingerprint density at radius 3 is 2.19 bits per heavy atom. The molecule has 1 heterocycles. The predicted molar refractivity (Wildman–Crippen MR) is 59.5 cm³/mol. The molecule has 5 nitrogen and oxygen atoms in total. The maximum atomic E-state index is 11.7. The maximum absolute atomic E-state index is 11.7. The average Bonchev–Trinajstić information content (AvgIpc) is 2.28. The number of nitrogens with one attached hydrogen (secondary N) is 1. The van der Waals surface area contributed by atoms with Crippen LogP contribution in [0.5, 0.6) is 0 Å². The third kappa shape index (κ3) is 3.48. The monoisotopic (exact) mass is 228 g/mol. The average molecular weight is 228 g/mol. The van der Waals surface area contributed by atoms with Crippen LogP contribution in [0.1, 0.15) is 33.1 Å². The van der Waals surface area contributed by atoms with Gasteiger partial charge in [0, 0.05) is 19.0 Å². The Morgan fingerprint density at radius 2 is 1.69 bits per heavy atom. The van der Waals surface area contributed by atoms with E-state index in [1.807, 2.05) is 5.01 Å². The van der Waals surface area contributed by atoms with E-state index in [2.05, 4.69) is 5.43 Å². The van der Waals surface area contributed by atoms with E-state index < -0.39 is 17.8 Å². The molecule has 1 rings (SSSR count). The minimum Gasteiger partial charge on any atom is -0.481 e.